The summed E-state index contributed by atoms with van der Waals surface area (Å²) in [4.78, 5) is 10.6. The molecule has 0 aromatic carbocycles. The normalized spacial score (nSPS) is 13.7. The Morgan fingerprint density at radius 2 is 1.90 bits per heavy atom. The number of ketones is 1. The zero-order valence-corrected chi connectivity index (χ0v) is 7.05. The summed E-state index contributed by atoms with van der Waals surface area (Å²) in [6, 6.07) is -0.234. The summed E-state index contributed by atoms with van der Waals surface area (Å²) in [5.41, 5.74) is 5.52. The molecule has 0 radical (unpaired) electrons. The first-order valence-corrected chi connectivity index (χ1v) is 3.80. The van der Waals surface area contributed by atoms with Crippen LogP contribution in [0.4, 0.5) is 0 Å². The fraction of sp³-hybridized carbons (Fsp3) is 0.875. The van der Waals surface area contributed by atoms with Gasteiger partial charge in [-0.15, -0.1) is 0 Å². The van der Waals surface area contributed by atoms with Crippen molar-refractivity contribution in [3.8, 4) is 0 Å². The Morgan fingerprint density at radius 1 is 1.40 bits per heavy atom. The number of hydrogen-bond donors (Lipinski definition) is 1. The molecule has 0 unspecified atom stereocenters. The summed E-state index contributed by atoms with van der Waals surface area (Å²) in [5.74, 6) is 0.742. The molecule has 10 heavy (non-hydrogen) atoms. The molecule has 60 valence electrons. The van der Waals surface area contributed by atoms with Gasteiger partial charge in [-0.2, -0.15) is 0 Å². The zero-order chi connectivity index (χ0) is 8.15. The standard InChI is InChI=1S/C8H17NO/c1-6(2)4-5-8(9)7(3)10/h6,8H,4-5,9H2,1-3H3/t8-/m1/s1. The number of rotatable bonds is 4. The molecule has 0 fully saturated rings. The van der Waals surface area contributed by atoms with Crippen molar-refractivity contribution < 1.29 is 4.79 Å². The highest BCUT2D eigenvalue weighted by molar-refractivity contribution is 5.80. The van der Waals surface area contributed by atoms with E-state index >= 15 is 0 Å². The highest BCUT2D eigenvalue weighted by Crippen LogP contribution is 2.05. The van der Waals surface area contributed by atoms with Crippen LogP contribution in [0, 0.1) is 5.92 Å². The second-order valence-corrected chi connectivity index (χ2v) is 3.19. The molecule has 0 aliphatic heterocycles. The fourth-order valence-corrected chi connectivity index (χ4v) is 0.716. The van der Waals surface area contributed by atoms with Crippen molar-refractivity contribution in [2.45, 2.75) is 39.7 Å². The van der Waals surface area contributed by atoms with E-state index in [4.69, 9.17) is 5.73 Å². The Balaban J connectivity index is 3.40. The van der Waals surface area contributed by atoms with Gasteiger partial charge in [0.2, 0.25) is 0 Å². The monoisotopic (exact) mass is 143 g/mol. The van der Waals surface area contributed by atoms with Gasteiger partial charge < -0.3 is 5.73 Å². The Kier molecular flexibility index (Phi) is 4.28. The fourth-order valence-electron chi connectivity index (χ4n) is 0.716. The van der Waals surface area contributed by atoms with Gasteiger partial charge in [-0.05, 0) is 25.7 Å². The highest BCUT2D eigenvalue weighted by atomic mass is 16.1. The Morgan fingerprint density at radius 3 is 2.20 bits per heavy atom. The molecule has 0 aromatic heterocycles. The maximum Gasteiger partial charge on any atom is 0.146 e. The Bertz CT molecular complexity index is 110. The van der Waals surface area contributed by atoms with Crippen molar-refractivity contribution in [3.63, 3.8) is 0 Å². The maximum absolute atomic E-state index is 10.6. The van der Waals surface area contributed by atoms with Crippen LogP contribution in [0.3, 0.4) is 0 Å². The van der Waals surface area contributed by atoms with Crippen molar-refractivity contribution in [1.82, 2.24) is 0 Å². The lowest BCUT2D eigenvalue weighted by atomic mass is 10.0. The minimum Gasteiger partial charge on any atom is -0.322 e. The van der Waals surface area contributed by atoms with Crippen LogP contribution in [-0.2, 0) is 4.79 Å². The smallest absolute Gasteiger partial charge is 0.146 e. The Hall–Kier alpha value is -0.370. The highest BCUT2D eigenvalue weighted by Gasteiger charge is 2.07. The molecule has 0 saturated carbocycles. The third-order valence-electron chi connectivity index (χ3n) is 1.58. The van der Waals surface area contributed by atoms with Crippen LogP contribution in [0.1, 0.15) is 33.6 Å². The molecule has 0 aliphatic rings. The summed E-state index contributed by atoms with van der Waals surface area (Å²) in [5, 5.41) is 0. The van der Waals surface area contributed by atoms with Crippen molar-refractivity contribution in [2.24, 2.45) is 11.7 Å². The second-order valence-electron chi connectivity index (χ2n) is 3.19. The van der Waals surface area contributed by atoms with Gasteiger partial charge in [0.15, 0.2) is 0 Å². The maximum atomic E-state index is 10.6. The van der Waals surface area contributed by atoms with Crippen molar-refractivity contribution in [2.75, 3.05) is 0 Å². The summed E-state index contributed by atoms with van der Waals surface area (Å²) in [6.07, 6.45) is 1.87. The molecule has 0 saturated heterocycles. The number of hydrogen-bond acceptors (Lipinski definition) is 2. The van der Waals surface area contributed by atoms with E-state index in [-0.39, 0.29) is 11.8 Å². The van der Waals surface area contributed by atoms with Gasteiger partial charge in [-0.25, -0.2) is 0 Å². The second kappa shape index (κ2) is 4.45. The quantitative estimate of drug-likeness (QED) is 0.645. The van der Waals surface area contributed by atoms with E-state index in [1.165, 1.54) is 0 Å². The molecule has 0 spiro atoms. The van der Waals surface area contributed by atoms with Crippen molar-refractivity contribution >= 4 is 5.78 Å². The van der Waals surface area contributed by atoms with Crippen LogP contribution in [0.25, 0.3) is 0 Å². The van der Waals surface area contributed by atoms with Gasteiger partial charge in [0.1, 0.15) is 5.78 Å². The van der Waals surface area contributed by atoms with Crippen LogP contribution in [0.15, 0.2) is 0 Å². The van der Waals surface area contributed by atoms with E-state index in [0.717, 1.165) is 12.8 Å². The van der Waals surface area contributed by atoms with Crippen molar-refractivity contribution in [1.29, 1.82) is 0 Å². The molecule has 2 N–H and O–H groups in total. The van der Waals surface area contributed by atoms with Crippen LogP contribution in [0.5, 0.6) is 0 Å². The topological polar surface area (TPSA) is 43.1 Å². The van der Waals surface area contributed by atoms with E-state index in [1.807, 2.05) is 0 Å². The predicted octanol–water partition coefficient (Wildman–Crippen LogP) is 1.34. The van der Waals surface area contributed by atoms with E-state index in [1.54, 1.807) is 6.92 Å². The van der Waals surface area contributed by atoms with Crippen molar-refractivity contribution in [3.05, 3.63) is 0 Å². The average molecular weight is 143 g/mol. The lowest BCUT2D eigenvalue weighted by Gasteiger charge is -2.08. The molecule has 0 aromatic rings. The first-order chi connectivity index (χ1) is 4.54. The number of carbonyl (C=O) groups is 1. The number of nitrogens with two attached hydrogens (primary N) is 1. The van der Waals surface area contributed by atoms with Crippen LogP contribution < -0.4 is 5.73 Å². The summed E-state index contributed by atoms with van der Waals surface area (Å²) in [6.45, 7) is 5.81. The molecule has 0 amide bonds. The molecule has 0 heterocycles. The lowest BCUT2D eigenvalue weighted by Crippen LogP contribution is -2.28. The third-order valence-corrected chi connectivity index (χ3v) is 1.58. The van der Waals surface area contributed by atoms with E-state index < -0.39 is 0 Å². The molecule has 2 heteroatoms. The first-order valence-electron chi connectivity index (χ1n) is 3.80. The van der Waals surface area contributed by atoms with Gasteiger partial charge in [0.25, 0.3) is 0 Å². The minimum atomic E-state index is -0.234. The summed E-state index contributed by atoms with van der Waals surface area (Å²) in [7, 11) is 0. The van der Waals surface area contributed by atoms with Crippen LogP contribution >= 0.6 is 0 Å². The van der Waals surface area contributed by atoms with Gasteiger partial charge in [0, 0.05) is 0 Å². The summed E-state index contributed by atoms with van der Waals surface area (Å²) < 4.78 is 0. The van der Waals surface area contributed by atoms with Gasteiger partial charge in [0.05, 0.1) is 6.04 Å². The molecule has 1 atom stereocenters. The van der Waals surface area contributed by atoms with Crippen LogP contribution in [-0.4, -0.2) is 11.8 Å². The third kappa shape index (κ3) is 4.50. The van der Waals surface area contributed by atoms with E-state index in [2.05, 4.69) is 13.8 Å². The predicted molar refractivity (Wildman–Crippen MR) is 42.7 cm³/mol. The summed E-state index contributed by atoms with van der Waals surface area (Å²) >= 11 is 0. The molecule has 0 bridgehead atoms. The molecule has 2 nitrogen and oxygen atoms in total. The molecule has 0 rings (SSSR count). The van der Waals surface area contributed by atoms with E-state index in [0.29, 0.717) is 5.92 Å². The molecular weight excluding hydrogens is 126 g/mol. The average Bonchev–Trinajstić information content (AvgIpc) is 1.82. The van der Waals surface area contributed by atoms with Crippen LogP contribution in [0.2, 0.25) is 0 Å². The van der Waals surface area contributed by atoms with Gasteiger partial charge >= 0.3 is 0 Å². The number of carbonyl (C=O) groups excluding carboxylic acids is 1. The molecule has 0 aliphatic carbocycles. The molecular formula is C8H17NO. The first kappa shape index (κ1) is 9.63. The number of Topliss-reactive ketones (excluding diaryl/α,β-unsaturated/α-hetero) is 1. The minimum absolute atomic E-state index is 0.0978. The lowest BCUT2D eigenvalue weighted by molar-refractivity contribution is -0.118. The largest absolute Gasteiger partial charge is 0.322 e. The SMILES string of the molecule is CC(=O)[C@H](N)CCC(C)C. The Labute approximate surface area is 62.8 Å². The van der Waals surface area contributed by atoms with Gasteiger partial charge in [-0.1, -0.05) is 13.8 Å². The van der Waals surface area contributed by atoms with Gasteiger partial charge in [-0.3, -0.25) is 4.79 Å². The van der Waals surface area contributed by atoms with E-state index in [9.17, 15) is 4.79 Å². The zero-order valence-electron chi connectivity index (χ0n) is 7.05.